The molecule has 0 unspecified atom stereocenters. The van der Waals surface area contributed by atoms with Crippen molar-refractivity contribution in [2.75, 3.05) is 5.32 Å². The molecule has 104 valence electrons. The van der Waals surface area contributed by atoms with E-state index in [1.807, 2.05) is 12.1 Å². The van der Waals surface area contributed by atoms with Crippen LogP contribution in [0.4, 0.5) is 5.69 Å². The van der Waals surface area contributed by atoms with Gasteiger partial charge in [0.05, 0.1) is 18.4 Å². The molecule has 0 radical (unpaired) electrons. The molecule has 0 saturated heterocycles. The molecule has 1 N–H and O–H groups in total. The molecule has 0 aliphatic heterocycles. The van der Waals surface area contributed by atoms with E-state index in [4.69, 9.17) is 0 Å². The van der Waals surface area contributed by atoms with Crippen molar-refractivity contribution in [2.24, 2.45) is 0 Å². The van der Waals surface area contributed by atoms with Crippen LogP contribution < -0.4 is 10.9 Å². The number of rotatable bonds is 5. The highest BCUT2D eigenvalue weighted by atomic mass is 79.9. The molecule has 0 spiro atoms. The minimum Gasteiger partial charge on any atom is -0.379 e. The highest BCUT2D eigenvalue weighted by molar-refractivity contribution is 9.10. The number of benzene rings is 1. The maximum absolute atomic E-state index is 12.0. The third kappa shape index (κ3) is 3.36. The number of aryl methyl sites for hydroxylation is 1. The summed E-state index contributed by atoms with van der Waals surface area (Å²) < 4.78 is 1.84. The second kappa shape index (κ2) is 6.52. The largest absolute Gasteiger partial charge is 0.379 e. The van der Waals surface area contributed by atoms with Crippen molar-refractivity contribution >= 4 is 21.6 Å². The average molecular weight is 334 g/mol. The van der Waals surface area contributed by atoms with Crippen molar-refractivity contribution in [1.29, 1.82) is 0 Å². The Balaban J connectivity index is 2.16. The van der Waals surface area contributed by atoms with E-state index in [2.05, 4.69) is 52.0 Å². The second-order valence-corrected chi connectivity index (χ2v) is 5.28. The fraction of sp³-hybridized carbons (Fsp3) is 0.200. The van der Waals surface area contributed by atoms with Crippen LogP contribution in [0.1, 0.15) is 11.1 Å². The molecule has 0 bridgehead atoms. The summed E-state index contributed by atoms with van der Waals surface area (Å²) in [5, 5.41) is 7.32. The molecule has 0 amide bonds. The van der Waals surface area contributed by atoms with E-state index in [1.54, 1.807) is 12.3 Å². The fourth-order valence-electron chi connectivity index (χ4n) is 1.86. The van der Waals surface area contributed by atoms with Gasteiger partial charge < -0.3 is 5.32 Å². The first-order valence-electron chi connectivity index (χ1n) is 6.27. The number of anilines is 1. The molecule has 1 aromatic heterocycles. The van der Waals surface area contributed by atoms with Gasteiger partial charge in [0.1, 0.15) is 4.47 Å². The van der Waals surface area contributed by atoms with Crippen LogP contribution in [0.25, 0.3) is 0 Å². The Kier molecular flexibility index (Phi) is 4.74. The summed E-state index contributed by atoms with van der Waals surface area (Å²) in [5.74, 6) is 0. The molecule has 5 heteroatoms. The van der Waals surface area contributed by atoms with Gasteiger partial charge in [-0.1, -0.05) is 35.9 Å². The van der Waals surface area contributed by atoms with E-state index < -0.39 is 0 Å². The van der Waals surface area contributed by atoms with Crippen LogP contribution in [0, 0.1) is 6.92 Å². The van der Waals surface area contributed by atoms with E-state index in [9.17, 15) is 4.79 Å². The van der Waals surface area contributed by atoms with Crippen LogP contribution in [0.15, 0.2) is 52.4 Å². The topological polar surface area (TPSA) is 46.9 Å². The van der Waals surface area contributed by atoms with Crippen LogP contribution in [-0.4, -0.2) is 9.78 Å². The first-order valence-corrected chi connectivity index (χ1v) is 7.07. The number of nitrogens with one attached hydrogen (secondary N) is 1. The Labute approximate surface area is 126 Å². The molecular weight excluding hydrogens is 318 g/mol. The smallest absolute Gasteiger partial charge is 0.283 e. The Bertz CT molecular complexity index is 679. The summed E-state index contributed by atoms with van der Waals surface area (Å²) in [6.45, 7) is 6.70. The molecule has 1 heterocycles. The normalized spacial score (nSPS) is 10.3. The standard InChI is InChI=1S/C15H16BrN3O/c1-3-7-19-15(20)14(16)13(10-18-19)17-9-12-6-4-5-11(2)8-12/h3-6,8,10,17H,1,7,9H2,2H3. The lowest BCUT2D eigenvalue weighted by atomic mass is 10.1. The first-order chi connectivity index (χ1) is 9.61. The fourth-order valence-corrected chi connectivity index (χ4v) is 2.31. The quantitative estimate of drug-likeness (QED) is 0.855. The van der Waals surface area contributed by atoms with Gasteiger partial charge in [0.15, 0.2) is 0 Å². The van der Waals surface area contributed by atoms with E-state index in [-0.39, 0.29) is 5.56 Å². The Morgan fingerprint density at radius 1 is 1.50 bits per heavy atom. The van der Waals surface area contributed by atoms with Crippen LogP contribution in [0.3, 0.4) is 0 Å². The Morgan fingerprint density at radius 2 is 2.30 bits per heavy atom. The SMILES string of the molecule is C=CCn1ncc(NCc2cccc(C)c2)c(Br)c1=O. The molecule has 1 aromatic carbocycles. The zero-order chi connectivity index (χ0) is 14.5. The van der Waals surface area contributed by atoms with E-state index in [0.29, 0.717) is 23.2 Å². The molecule has 0 aliphatic carbocycles. The third-order valence-electron chi connectivity index (χ3n) is 2.85. The zero-order valence-electron chi connectivity index (χ0n) is 11.3. The van der Waals surface area contributed by atoms with Gasteiger partial charge in [-0.25, -0.2) is 4.68 Å². The van der Waals surface area contributed by atoms with Gasteiger partial charge in [0.25, 0.3) is 5.56 Å². The van der Waals surface area contributed by atoms with Gasteiger partial charge in [-0.05, 0) is 28.4 Å². The van der Waals surface area contributed by atoms with Gasteiger partial charge in [-0.2, -0.15) is 5.10 Å². The summed E-state index contributed by atoms with van der Waals surface area (Å²) >= 11 is 3.32. The molecular formula is C15H16BrN3O. The number of hydrogen-bond acceptors (Lipinski definition) is 3. The van der Waals surface area contributed by atoms with Crippen LogP contribution >= 0.6 is 15.9 Å². The summed E-state index contributed by atoms with van der Waals surface area (Å²) in [4.78, 5) is 12.0. The predicted molar refractivity (Wildman–Crippen MR) is 84.9 cm³/mol. The van der Waals surface area contributed by atoms with Crippen molar-refractivity contribution in [2.45, 2.75) is 20.0 Å². The lowest BCUT2D eigenvalue weighted by Crippen LogP contribution is -2.23. The van der Waals surface area contributed by atoms with Crippen molar-refractivity contribution in [1.82, 2.24) is 9.78 Å². The van der Waals surface area contributed by atoms with Crippen molar-refractivity contribution in [3.63, 3.8) is 0 Å². The van der Waals surface area contributed by atoms with Gasteiger partial charge in [0.2, 0.25) is 0 Å². The van der Waals surface area contributed by atoms with E-state index in [1.165, 1.54) is 10.2 Å². The summed E-state index contributed by atoms with van der Waals surface area (Å²) in [6, 6.07) is 8.21. The molecule has 2 rings (SSSR count). The summed E-state index contributed by atoms with van der Waals surface area (Å²) in [5.41, 5.74) is 2.89. The van der Waals surface area contributed by atoms with Crippen LogP contribution in [0.2, 0.25) is 0 Å². The van der Waals surface area contributed by atoms with Gasteiger partial charge in [-0.15, -0.1) is 6.58 Å². The number of nitrogens with zero attached hydrogens (tertiary/aromatic N) is 2. The lowest BCUT2D eigenvalue weighted by Gasteiger charge is -2.10. The first kappa shape index (κ1) is 14.5. The zero-order valence-corrected chi connectivity index (χ0v) is 12.9. The summed E-state index contributed by atoms with van der Waals surface area (Å²) in [7, 11) is 0. The van der Waals surface area contributed by atoms with E-state index >= 15 is 0 Å². The lowest BCUT2D eigenvalue weighted by molar-refractivity contribution is 0.649. The molecule has 2 aromatic rings. The highest BCUT2D eigenvalue weighted by Crippen LogP contribution is 2.17. The summed E-state index contributed by atoms with van der Waals surface area (Å²) in [6.07, 6.45) is 3.28. The Hall–Kier alpha value is -1.88. The molecule has 0 saturated carbocycles. The van der Waals surface area contributed by atoms with E-state index in [0.717, 1.165) is 5.56 Å². The number of allylic oxidation sites excluding steroid dienone is 1. The van der Waals surface area contributed by atoms with Crippen LogP contribution in [-0.2, 0) is 13.1 Å². The number of aromatic nitrogens is 2. The number of hydrogen-bond donors (Lipinski definition) is 1. The van der Waals surface area contributed by atoms with Gasteiger partial charge in [0, 0.05) is 6.54 Å². The molecule has 0 fully saturated rings. The Morgan fingerprint density at radius 3 is 3.00 bits per heavy atom. The monoisotopic (exact) mass is 333 g/mol. The van der Waals surface area contributed by atoms with Crippen molar-refractivity contribution in [3.8, 4) is 0 Å². The van der Waals surface area contributed by atoms with Gasteiger partial charge >= 0.3 is 0 Å². The third-order valence-corrected chi connectivity index (χ3v) is 3.62. The predicted octanol–water partition coefficient (Wildman–Crippen LogP) is 3.11. The van der Waals surface area contributed by atoms with Crippen LogP contribution in [0.5, 0.6) is 0 Å². The molecule has 4 nitrogen and oxygen atoms in total. The maximum Gasteiger partial charge on any atom is 0.283 e. The highest BCUT2D eigenvalue weighted by Gasteiger charge is 2.07. The average Bonchev–Trinajstić information content (AvgIpc) is 2.43. The molecule has 0 aliphatic rings. The maximum atomic E-state index is 12.0. The minimum atomic E-state index is -0.167. The second-order valence-electron chi connectivity index (χ2n) is 4.49. The molecule has 0 atom stereocenters. The van der Waals surface area contributed by atoms with Gasteiger partial charge in [-0.3, -0.25) is 4.79 Å². The minimum absolute atomic E-state index is 0.167. The van der Waals surface area contributed by atoms with Crippen molar-refractivity contribution < 1.29 is 0 Å². The van der Waals surface area contributed by atoms with Crippen molar-refractivity contribution in [3.05, 3.63) is 69.1 Å². The number of halogens is 1. The molecule has 20 heavy (non-hydrogen) atoms.